The Bertz CT molecular complexity index is 868. The first-order valence-corrected chi connectivity index (χ1v) is 10.7. The third-order valence-corrected chi connectivity index (χ3v) is 6.78. The number of phenolic OH excluding ortho intramolecular Hbond substituents is 2. The Labute approximate surface area is 182 Å². The van der Waals surface area contributed by atoms with E-state index in [1.54, 1.807) is 0 Å². The minimum absolute atomic E-state index is 0.0302. The lowest BCUT2D eigenvalue weighted by molar-refractivity contribution is 0.126. The van der Waals surface area contributed by atoms with Gasteiger partial charge in [0.1, 0.15) is 11.5 Å². The fraction of sp³-hybridized carbons (Fsp3) is 0.478. The van der Waals surface area contributed by atoms with Crippen molar-refractivity contribution in [1.82, 2.24) is 0 Å². The number of hydrogen-bond donors (Lipinski definition) is 4. The highest BCUT2D eigenvalue weighted by molar-refractivity contribution is 6.32. The van der Waals surface area contributed by atoms with E-state index in [1.165, 1.54) is 0 Å². The Morgan fingerprint density at radius 1 is 0.897 bits per heavy atom. The predicted molar refractivity (Wildman–Crippen MR) is 120 cm³/mol. The van der Waals surface area contributed by atoms with Gasteiger partial charge in [-0.2, -0.15) is 0 Å². The fourth-order valence-corrected chi connectivity index (χ4v) is 5.83. The summed E-state index contributed by atoms with van der Waals surface area (Å²) in [6.45, 7) is 7.19. The zero-order valence-corrected chi connectivity index (χ0v) is 18.7. The standard InChI is InChI=1S/C23H30Cl2N2O2/c1-13-8-22(2,3)12-23(9-13,16-4-14(10-26)20(28)18(24)6-16)17-5-15(11-27)21(29)19(25)7-17/h4-7,13,28-29H,8-12,26-27H2,1-3H3. The molecule has 0 saturated heterocycles. The van der Waals surface area contributed by atoms with Gasteiger partial charge in [-0.1, -0.05) is 44.0 Å². The summed E-state index contributed by atoms with van der Waals surface area (Å²) < 4.78 is 0. The Kier molecular flexibility index (Phi) is 6.13. The van der Waals surface area contributed by atoms with Crippen LogP contribution in [-0.2, 0) is 18.5 Å². The largest absolute Gasteiger partial charge is 0.506 e. The van der Waals surface area contributed by atoms with Crippen LogP contribution in [0.2, 0.25) is 10.0 Å². The van der Waals surface area contributed by atoms with Gasteiger partial charge in [0.2, 0.25) is 0 Å². The third kappa shape index (κ3) is 4.09. The minimum atomic E-state index is -0.385. The van der Waals surface area contributed by atoms with Crippen molar-refractivity contribution in [2.75, 3.05) is 0 Å². The molecule has 158 valence electrons. The molecule has 0 aromatic heterocycles. The van der Waals surface area contributed by atoms with Crippen LogP contribution >= 0.6 is 23.2 Å². The number of aromatic hydroxyl groups is 2. The third-order valence-electron chi connectivity index (χ3n) is 6.21. The number of benzene rings is 2. The van der Waals surface area contributed by atoms with E-state index in [2.05, 4.69) is 20.8 Å². The molecule has 1 saturated carbocycles. The summed E-state index contributed by atoms with van der Waals surface area (Å²) >= 11 is 12.8. The van der Waals surface area contributed by atoms with E-state index < -0.39 is 0 Å². The predicted octanol–water partition coefficient (Wildman–Crippen LogP) is 5.45. The lowest BCUT2D eigenvalue weighted by Crippen LogP contribution is -2.41. The Morgan fingerprint density at radius 3 is 1.72 bits per heavy atom. The zero-order valence-electron chi connectivity index (χ0n) is 17.2. The van der Waals surface area contributed by atoms with Crippen LogP contribution in [0.4, 0.5) is 0 Å². The van der Waals surface area contributed by atoms with Gasteiger partial charge in [-0.3, -0.25) is 0 Å². The molecule has 2 aromatic carbocycles. The maximum atomic E-state index is 10.3. The molecular formula is C23H30Cl2N2O2. The summed E-state index contributed by atoms with van der Waals surface area (Å²) in [6.07, 6.45) is 2.88. The monoisotopic (exact) mass is 436 g/mol. The topological polar surface area (TPSA) is 92.5 Å². The lowest BCUT2D eigenvalue weighted by Gasteiger charge is -2.49. The molecule has 1 unspecified atom stereocenters. The maximum absolute atomic E-state index is 10.3. The Morgan fingerprint density at radius 2 is 1.34 bits per heavy atom. The van der Waals surface area contributed by atoms with Gasteiger partial charge in [0.25, 0.3) is 0 Å². The summed E-state index contributed by atoms with van der Waals surface area (Å²) in [7, 11) is 0. The molecule has 1 fully saturated rings. The molecule has 0 bridgehead atoms. The van der Waals surface area contributed by atoms with Crippen molar-refractivity contribution in [3.8, 4) is 11.5 Å². The van der Waals surface area contributed by atoms with Crippen molar-refractivity contribution in [2.45, 2.75) is 58.5 Å². The Hall–Kier alpha value is -1.46. The normalized spacial score (nSPS) is 20.6. The highest BCUT2D eigenvalue weighted by Gasteiger charge is 2.46. The summed E-state index contributed by atoms with van der Waals surface area (Å²) in [5.41, 5.74) is 14.7. The first-order valence-electron chi connectivity index (χ1n) is 9.97. The van der Waals surface area contributed by atoms with Gasteiger partial charge in [0, 0.05) is 29.6 Å². The summed E-state index contributed by atoms with van der Waals surface area (Å²) in [6, 6.07) is 7.59. The van der Waals surface area contributed by atoms with Crippen LogP contribution in [0.25, 0.3) is 0 Å². The molecule has 0 heterocycles. The van der Waals surface area contributed by atoms with Crippen molar-refractivity contribution in [3.05, 3.63) is 56.6 Å². The van der Waals surface area contributed by atoms with Gasteiger partial charge in [0.15, 0.2) is 0 Å². The van der Waals surface area contributed by atoms with E-state index in [0.29, 0.717) is 27.1 Å². The van der Waals surface area contributed by atoms with Gasteiger partial charge in [-0.25, -0.2) is 0 Å². The maximum Gasteiger partial charge on any atom is 0.138 e. The lowest BCUT2D eigenvalue weighted by atomic mass is 9.55. The minimum Gasteiger partial charge on any atom is -0.506 e. The first-order chi connectivity index (χ1) is 13.5. The molecule has 0 amide bonds. The second-order valence-corrected chi connectivity index (χ2v) is 10.1. The average Bonchev–Trinajstić information content (AvgIpc) is 2.64. The van der Waals surface area contributed by atoms with E-state index in [9.17, 15) is 10.2 Å². The molecule has 0 radical (unpaired) electrons. The highest BCUT2D eigenvalue weighted by Crippen LogP contribution is 2.55. The van der Waals surface area contributed by atoms with Crippen LogP contribution in [0.3, 0.4) is 0 Å². The fourth-order valence-electron chi connectivity index (χ4n) is 5.35. The molecule has 6 N–H and O–H groups in total. The van der Waals surface area contributed by atoms with Crippen LogP contribution in [0, 0.1) is 11.3 Å². The first kappa shape index (κ1) is 22.2. The molecule has 1 aliphatic rings. The summed E-state index contributed by atoms with van der Waals surface area (Å²) in [5, 5.41) is 21.2. The smallest absolute Gasteiger partial charge is 0.138 e. The molecule has 3 rings (SSSR count). The van der Waals surface area contributed by atoms with Crippen molar-refractivity contribution in [3.63, 3.8) is 0 Å². The zero-order chi connectivity index (χ0) is 21.6. The molecule has 1 atom stereocenters. The van der Waals surface area contributed by atoms with Gasteiger partial charge in [-0.05, 0) is 66.0 Å². The van der Waals surface area contributed by atoms with Gasteiger partial charge in [-0.15, -0.1) is 0 Å². The van der Waals surface area contributed by atoms with Gasteiger partial charge in [0.05, 0.1) is 10.0 Å². The molecule has 29 heavy (non-hydrogen) atoms. The number of phenols is 2. The average molecular weight is 437 g/mol. The van der Waals surface area contributed by atoms with E-state index >= 15 is 0 Å². The van der Waals surface area contributed by atoms with E-state index in [-0.39, 0.29) is 35.4 Å². The van der Waals surface area contributed by atoms with Crippen molar-refractivity contribution >= 4 is 23.2 Å². The molecule has 1 aliphatic carbocycles. The van der Waals surface area contributed by atoms with E-state index in [0.717, 1.165) is 30.4 Å². The number of halogens is 2. The summed E-state index contributed by atoms with van der Waals surface area (Å²) in [5.74, 6) is 0.520. The van der Waals surface area contributed by atoms with Crippen molar-refractivity contribution in [2.24, 2.45) is 22.8 Å². The molecule has 0 aliphatic heterocycles. The van der Waals surface area contributed by atoms with Gasteiger partial charge >= 0.3 is 0 Å². The van der Waals surface area contributed by atoms with E-state index in [1.807, 2.05) is 24.3 Å². The van der Waals surface area contributed by atoms with E-state index in [4.69, 9.17) is 34.7 Å². The van der Waals surface area contributed by atoms with Crippen molar-refractivity contribution in [1.29, 1.82) is 0 Å². The second kappa shape index (κ2) is 7.99. The van der Waals surface area contributed by atoms with Gasteiger partial charge < -0.3 is 21.7 Å². The molecule has 6 heteroatoms. The van der Waals surface area contributed by atoms with Crippen LogP contribution in [0.15, 0.2) is 24.3 Å². The second-order valence-electron chi connectivity index (χ2n) is 9.28. The Balaban J connectivity index is 2.33. The highest BCUT2D eigenvalue weighted by atomic mass is 35.5. The quantitative estimate of drug-likeness (QED) is 0.512. The van der Waals surface area contributed by atoms with Crippen LogP contribution in [-0.4, -0.2) is 10.2 Å². The number of rotatable bonds is 4. The molecule has 2 aromatic rings. The van der Waals surface area contributed by atoms with Crippen LogP contribution < -0.4 is 11.5 Å². The number of nitrogens with two attached hydrogens (primary N) is 2. The summed E-state index contributed by atoms with van der Waals surface area (Å²) in [4.78, 5) is 0. The molecule has 4 nitrogen and oxygen atoms in total. The molecular weight excluding hydrogens is 407 g/mol. The van der Waals surface area contributed by atoms with Crippen LogP contribution in [0.5, 0.6) is 11.5 Å². The SMILES string of the molecule is CC1CC(C)(C)CC(c2cc(Cl)c(O)c(CN)c2)(c2cc(Cl)c(O)c(CN)c2)C1. The number of hydrogen-bond acceptors (Lipinski definition) is 4. The van der Waals surface area contributed by atoms with Crippen LogP contribution in [0.1, 0.15) is 62.3 Å². The molecule has 0 spiro atoms. The van der Waals surface area contributed by atoms with Crippen molar-refractivity contribution < 1.29 is 10.2 Å².